The number of fused-ring (bicyclic) bond motifs is 1. The minimum absolute atomic E-state index is 0.0805. The average molecular weight is 423 g/mol. The molecule has 1 aromatic heterocycles. The molecule has 1 amide bonds. The number of carbonyl (C=O) groups is 1. The van der Waals surface area contributed by atoms with Crippen LogP contribution in [0.3, 0.4) is 0 Å². The average Bonchev–Trinajstić information content (AvgIpc) is 3.40. The quantitative estimate of drug-likeness (QED) is 0.577. The number of aromatic nitrogens is 1. The van der Waals surface area contributed by atoms with E-state index in [1.807, 2.05) is 36.5 Å². The number of halogens is 2. The number of benzene rings is 2. The largest absolute Gasteiger partial charge is 0.353 e. The van der Waals surface area contributed by atoms with Crippen molar-refractivity contribution in [3.8, 4) is 0 Å². The standard InChI is InChI=1S/C25H24ClFN2O/c26-18-3-1-16(2-4-18)13-24(30)29-23-15-25(23)10-7-17(8-11-25)20-9-12-28-22-6-5-19(27)14-21(20)22/h1-6,9,12,14,17,23H,7-8,10-11,13,15H2,(H,29,30). The van der Waals surface area contributed by atoms with Crippen LogP contribution in [-0.4, -0.2) is 16.9 Å². The summed E-state index contributed by atoms with van der Waals surface area (Å²) in [6, 6.07) is 14.6. The lowest BCUT2D eigenvalue weighted by Gasteiger charge is -2.30. The van der Waals surface area contributed by atoms with Gasteiger partial charge in [-0.3, -0.25) is 9.78 Å². The van der Waals surface area contributed by atoms with Gasteiger partial charge in [0.25, 0.3) is 0 Å². The van der Waals surface area contributed by atoms with Crippen LogP contribution < -0.4 is 5.32 Å². The second-order valence-corrected chi connectivity index (χ2v) is 9.26. The van der Waals surface area contributed by atoms with Crippen LogP contribution in [0.25, 0.3) is 10.9 Å². The smallest absolute Gasteiger partial charge is 0.224 e. The topological polar surface area (TPSA) is 42.0 Å². The maximum atomic E-state index is 13.8. The van der Waals surface area contributed by atoms with Crippen LogP contribution in [-0.2, 0) is 11.2 Å². The predicted octanol–water partition coefficient (Wildman–Crippen LogP) is 5.80. The molecule has 0 radical (unpaired) electrons. The summed E-state index contributed by atoms with van der Waals surface area (Å²) in [6.07, 6.45) is 7.62. The molecular weight excluding hydrogens is 399 g/mol. The van der Waals surface area contributed by atoms with Crippen molar-refractivity contribution in [1.29, 1.82) is 0 Å². The maximum absolute atomic E-state index is 13.8. The highest BCUT2D eigenvalue weighted by Gasteiger charge is 2.55. The molecule has 3 aromatic rings. The van der Waals surface area contributed by atoms with Crippen molar-refractivity contribution in [2.75, 3.05) is 0 Å². The van der Waals surface area contributed by atoms with Crippen LogP contribution in [0.15, 0.2) is 54.7 Å². The highest BCUT2D eigenvalue weighted by molar-refractivity contribution is 6.30. The molecule has 30 heavy (non-hydrogen) atoms. The van der Waals surface area contributed by atoms with Crippen molar-refractivity contribution < 1.29 is 9.18 Å². The van der Waals surface area contributed by atoms with Gasteiger partial charge in [-0.15, -0.1) is 0 Å². The molecule has 2 aromatic carbocycles. The molecule has 0 saturated heterocycles. The molecule has 0 bridgehead atoms. The van der Waals surface area contributed by atoms with Crippen LogP contribution in [0.4, 0.5) is 4.39 Å². The minimum Gasteiger partial charge on any atom is -0.353 e. The van der Waals surface area contributed by atoms with E-state index < -0.39 is 0 Å². The summed E-state index contributed by atoms with van der Waals surface area (Å²) in [5.41, 5.74) is 3.29. The molecule has 1 spiro atoms. The van der Waals surface area contributed by atoms with Gasteiger partial charge in [-0.2, -0.15) is 0 Å². The van der Waals surface area contributed by atoms with Crippen molar-refractivity contribution in [2.45, 2.75) is 50.5 Å². The van der Waals surface area contributed by atoms with Crippen molar-refractivity contribution in [2.24, 2.45) is 5.41 Å². The van der Waals surface area contributed by atoms with E-state index >= 15 is 0 Å². The van der Waals surface area contributed by atoms with E-state index in [0.29, 0.717) is 17.4 Å². The van der Waals surface area contributed by atoms with Gasteiger partial charge in [-0.05, 0) is 91.0 Å². The van der Waals surface area contributed by atoms with Crippen molar-refractivity contribution >= 4 is 28.4 Å². The van der Waals surface area contributed by atoms with Gasteiger partial charge in [-0.1, -0.05) is 23.7 Å². The Hall–Kier alpha value is -2.46. The molecule has 5 heteroatoms. The molecule has 2 saturated carbocycles. The SMILES string of the molecule is O=C(Cc1ccc(Cl)cc1)NC1CC12CCC(c1ccnc3ccc(F)cc13)CC2. The fraction of sp³-hybridized carbons (Fsp3) is 0.360. The maximum Gasteiger partial charge on any atom is 0.224 e. The summed E-state index contributed by atoms with van der Waals surface area (Å²) < 4.78 is 13.8. The number of nitrogens with one attached hydrogen (secondary N) is 1. The van der Waals surface area contributed by atoms with E-state index in [2.05, 4.69) is 10.3 Å². The fourth-order valence-electron chi connectivity index (χ4n) is 5.14. The number of carbonyl (C=O) groups excluding carboxylic acids is 1. The van der Waals surface area contributed by atoms with Crippen LogP contribution in [0.1, 0.15) is 49.1 Å². The van der Waals surface area contributed by atoms with Gasteiger partial charge in [-0.25, -0.2) is 4.39 Å². The molecule has 154 valence electrons. The highest BCUT2D eigenvalue weighted by Crippen LogP contribution is 2.59. The van der Waals surface area contributed by atoms with Crippen LogP contribution in [0.2, 0.25) is 5.02 Å². The van der Waals surface area contributed by atoms with Crippen molar-refractivity contribution in [3.63, 3.8) is 0 Å². The van der Waals surface area contributed by atoms with Gasteiger partial charge in [0.2, 0.25) is 5.91 Å². The van der Waals surface area contributed by atoms with Gasteiger partial charge in [0.1, 0.15) is 5.82 Å². The molecule has 5 rings (SSSR count). The van der Waals surface area contributed by atoms with Gasteiger partial charge < -0.3 is 5.32 Å². The normalized spacial score (nSPS) is 25.4. The zero-order valence-electron chi connectivity index (χ0n) is 16.7. The summed E-state index contributed by atoms with van der Waals surface area (Å²) in [5, 5.41) is 4.85. The number of pyridine rings is 1. The molecule has 0 aliphatic heterocycles. The van der Waals surface area contributed by atoms with Crippen molar-refractivity contribution in [1.82, 2.24) is 10.3 Å². The van der Waals surface area contributed by atoms with Crippen LogP contribution in [0, 0.1) is 11.2 Å². The second-order valence-electron chi connectivity index (χ2n) is 8.83. The molecule has 1 N–H and O–H groups in total. The predicted molar refractivity (Wildman–Crippen MR) is 117 cm³/mol. The van der Waals surface area contributed by atoms with E-state index in [1.165, 1.54) is 11.6 Å². The first-order valence-electron chi connectivity index (χ1n) is 10.6. The van der Waals surface area contributed by atoms with E-state index in [1.54, 1.807) is 12.1 Å². The molecule has 1 unspecified atom stereocenters. The molecule has 2 aliphatic carbocycles. The fourth-order valence-corrected chi connectivity index (χ4v) is 5.26. The summed E-state index contributed by atoms with van der Waals surface area (Å²) in [6.45, 7) is 0. The Labute approximate surface area is 180 Å². The monoisotopic (exact) mass is 422 g/mol. The zero-order valence-corrected chi connectivity index (χ0v) is 17.5. The first-order chi connectivity index (χ1) is 14.5. The molecule has 1 atom stereocenters. The number of nitrogens with zero attached hydrogens (tertiary/aromatic N) is 1. The van der Waals surface area contributed by atoms with E-state index in [-0.39, 0.29) is 23.2 Å². The first-order valence-corrected chi connectivity index (χ1v) is 11.0. The van der Waals surface area contributed by atoms with Gasteiger partial charge >= 0.3 is 0 Å². The Balaban J connectivity index is 1.20. The van der Waals surface area contributed by atoms with Crippen LogP contribution >= 0.6 is 11.6 Å². The van der Waals surface area contributed by atoms with Crippen LogP contribution in [0.5, 0.6) is 0 Å². The van der Waals surface area contributed by atoms with E-state index in [9.17, 15) is 9.18 Å². The lowest BCUT2D eigenvalue weighted by molar-refractivity contribution is -0.120. The minimum atomic E-state index is -0.213. The number of hydrogen-bond donors (Lipinski definition) is 1. The lowest BCUT2D eigenvalue weighted by Crippen LogP contribution is -2.32. The molecular formula is C25H24ClFN2O. The number of amides is 1. The first kappa shape index (κ1) is 19.5. The summed E-state index contributed by atoms with van der Waals surface area (Å²) in [7, 11) is 0. The molecule has 2 aliphatic rings. The van der Waals surface area contributed by atoms with E-state index in [0.717, 1.165) is 48.6 Å². The van der Waals surface area contributed by atoms with Gasteiger partial charge in [0.15, 0.2) is 0 Å². The Kier molecular flexibility index (Phi) is 4.98. The Morgan fingerprint density at radius 3 is 2.67 bits per heavy atom. The Morgan fingerprint density at radius 2 is 1.90 bits per heavy atom. The lowest BCUT2D eigenvalue weighted by atomic mass is 9.76. The number of rotatable bonds is 4. The Morgan fingerprint density at radius 1 is 1.13 bits per heavy atom. The third-order valence-electron chi connectivity index (χ3n) is 6.96. The molecule has 3 nitrogen and oxygen atoms in total. The second kappa shape index (κ2) is 7.66. The van der Waals surface area contributed by atoms with E-state index in [4.69, 9.17) is 11.6 Å². The molecule has 1 heterocycles. The summed E-state index contributed by atoms with van der Waals surface area (Å²) >= 11 is 5.91. The van der Waals surface area contributed by atoms with Gasteiger partial charge in [0.05, 0.1) is 11.9 Å². The highest BCUT2D eigenvalue weighted by atomic mass is 35.5. The zero-order chi connectivity index (χ0) is 20.7. The van der Waals surface area contributed by atoms with Crippen molar-refractivity contribution in [3.05, 3.63) is 76.7 Å². The third-order valence-corrected chi connectivity index (χ3v) is 7.21. The molecule has 2 fully saturated rings. The number of hydrogen-bond acceptors (Lipinski definition) is 2. The van der Waals surface area contributed by atoms with Gasteiger partial charge in [0, 0.05) is 22.6 Å². The third kappa shape index (κ3) is 3.81. The summed E-state index contributed by atoms with van der Waals surface area (Å²) in [4.78, 5) is 16.8. The summed E-state index contributed by atoms with van der Waals surface area (Å²) in [5.74, 6) is 0.292. The Bertz CT molecular complexity index is 1090.